The lowest BCUT2D eigenvalue weighted by Gasteiger charge is -2.36. The van der Waals surface area contributed by atoms with Crippen LogP contribution in [0, 0.1) is 13.8 Å². The van der Waals surface area contributed by atoms with E-state index in [0.717, 1.165) is 68.1 Å². The smallest absolute Gasteiger partial charge is 0.170 e. The standard InChI is InChI=1S/C29H35N5O3/c1-4-37-25-9-10-28(30-18-25)34-21(3)26(19-32-34)27(35)16-22-15-20(2)29(31-17-22)23-5-7-24(8-6-23)33-11-13-36-14-12-33/h5,9-10,15,17-19,24H,4,6-8,11-14,16H2,1-3H3. The van der Waals surface area contributed by atoms with E-state index in [-0.39, 0.29) is 12.2 Å². The second-order valence-corrected chi connectivity index (χ2v) is 9.76. The number of Topliss-reactive ketones (excluding diaryl/α,β-unsaturated/α-hetero) is 1. The van der Waals surface area contributed by atoms with Gasteiger partial charge in [-0.15, -0.1) is 0 Å². The summed E-state index contributed by atoms with van der Waals surface area (Å²) in [6.07, 6.45) is 11.0. The fraction of sp³-hybridized carbons (Fsp3) is 0.448. The number of aryl methyl sites for hydroxylation is 1. The Kier molecular flexibility index (Phi) is 7.76. The summed E-state index contributed by atoms with van der Waals surface area (Å²) in [5, 5.41) is 4.42. The van der Waals surface area contributed by atoms with Gasteiger partial charge in [0.25, 0.3) is 0 Å². The van der Waals surface area contributed by atoms with Crippen LogP contribution in [0.5, 0.6) is 5.75 Å². The number of morpholine rings is 1. The number of pyridine rings is 2. The number of allylic oxidation sites excluding steroid dienone is 1. The molecule has 1 aliphatic carbocycles. The van der Waals surface area contributed by atoms with Crippen molar-refractivity contribution in [2.75, 3.05) is 32.9 Å². The molecule has 0 radical (unpaired) electrons. The first-order chi connectivity index (χ1) is 18.0. The molecule has 8 nitrogen and oxygen atoms in total. The zero-order valence-electron chi connectivity index (χ0n) is 21.9. The van der Waals surface area contributed by atoms with Gasteiger partial charge in [0.05, 0.1) is 49.2 Å². The van der Waals surface area contributed by atoms with Gasteiger partial charge in [0.1, 0.15) is 5.75 Å². The van der Waals surface area contributed by atoms with Gasteiger partial charge in [-0.25, -0.2) is 9.67 Å². The van der Waals surface area contributed by atoms with Crippen LogP contribution in [0.4, 0.5) is 0 Å². The van der Waals surface area contributed by atoms with Crippen LogP contribution in [0.1, 0.15) is 59.1 Å². The molecular formula is C29H35N5O3. The summed E-state index contributed by atoms with van der Waals surface area (Å²) in [4.78, 5) is 24.9. The molecule has 2 aliphatic rings. The van der Waals surface area contributed by atoms with Crippen molar-refractivity contribution in [2.24, 2.45) is 0 Å². The first-order valence-corrected chi connectivity index (χ1v) is 13.2. The minimum Gasteiger partial charge on any atom is -0.492 e. The number of carbonyl (C=O) groups is 1. The van der Waals surface area contributed by atoms with E-state index in [4.69, 9.17) is 14.5 Å². The number of ketones is 1. The molecule has 3 aromatic heterocycles. The molecule has 8 heteroatoms. The molecule has 1 saturated heterocycles. The van der Waals surface area contributed by atoms with E-state index in [1.165, 1.54) is 5.57 Å². The van der Waals surface area contributed by atoms with Crippen LogP contribution in [0.2, 0.25) is 0 Å². The highest BCUT2D eigenvalue weighted by Gasteiger charge is 2.24. The van der Waals surface area contributed by atoms with Gasteiger partial charge in [-0.2, -0.15) is 5.10 Å². The Morgan fingerprint density at radius 1 is 1.14 bits per heavy atom. The van der Waals surface area contributed by atoms with Gasteiger partial charge in [0, 0.05) is 31.7 Å². The van der Waals surface area contributed by atoms with Gasteiger partial charge in [-0.05, 0) is 68.9 Å². The van der Waals surface area contributed by atoms with Crippen molar-refractivity contribution in [3.05, 3.63) is 70.9 Å². The van der Waals surface area contributed by atoms with Gasteiger partial charge in [0.2, 0.25) is 0 Å². The van der Waals surface area contributed by atoms with Crippen molar-refractivity contribution in [3.63, 3.8) is 0 Å². The molecule has 194 valence electrons. The summed E-state index contributed by atoms with van der Waals surface area (Å²) in [5.41, 5.74) is 5.78. The van der Waals surface area contributed by atoms with E-state index < -0.39 is 0 Å². The predicted molar refractivity (Wildman–Crippen MR) is 142 cm³/mol. The lowest BCUT2D eigenvalue weighted by atomic mass is 9.90. The fourth-order valence-corrected chi connectivity index (χ4v) is 5.32. The van der Waals surface area contributed by atoms with E-state index in [9.17, 15) is 4.79 Å². The van der Waals surface area contributed by atoms with Gasteiger partial charge >= 0.3 is 0 Å². The molecular weight excluding hydrogens is 466 g/mol. The van der Waals surface area contributed by atoms with Crippen molar-refractivity contribution in [1.29, 1.82) is 0 Å². The maximum absolute atomic E-state index is 13.2. The lowest BCUT2D eigenvalue weighted by molar-refractivity contribution is 0.0150. The van der Waals surface area contributed by atoms with Crippen molar-refractivity contribution in [2.45, 2.75) is 52.5 Å². The number of aromatic nitrogens is 4. The number of hydrogen-bond donors (Lipinski definition) is 0. The van der Waals surface area contributed by atoms with E-state index in [0.29, 0.717) is 29.8 Å². The number of rotatable bonds is 8. The summed E-state index contributed by atoms with van der Waals surface area (Å²) in [5.74, 6) is 1.38. The number of nitrogens with zero attached hydrogens (tertiary/aromatic N) is 5. The summed E-state index contributed by atoms with van der Waals surface area (Å²) in [6.45, 7) is 10.2. The Hall–Kier alpha value is -3.36. The average Bonchev–Trinajstić information content (AvgIpc) is 3.31. The maximum Gasteiger partial charge on any atom is 0.170 e. The molecule has 5 rings (SSSR count). The van der Waals surface area contributed by atoms with Crippen LogP contribution in [0.3, 0.4) is 0 Å². The Labute approximate surface area is 218 Å². The second-order valence-electron chi connectivity index (χ2n) is 9.76. The van der Waals surface area contributed by atoms with Crippen LogP contribution < -0.4 is 4.74 Å². The molecule has 0 saturated carbocycles. The van der Waals surface area contributed by atoms with Gasteiger partial charge in [-0.3, -0.25) is 14.7 Å². The molecule has 3 aromatic rings. The van der Waals surface area contributed by atoms with Gasteiger partial charge < -0.3 is 9.47 Å². The zero-order chi connectivity index (χ0) is 25.8. The van der Waals surface area contributed by atoms with E-state index >= 15 is 0 Å². The summed E-state index contributed by atoms with van der Waals surface area (Å²) >= 11 is 0. The van der Waals surface area contributed by atoms with Gasteiger partial charge in [0.15, 0.2) is 11.6 Å². The molecule has 0 N–H and O–H groups in total. The minimum absolute atomic E-state index is 0.0221. The quantitative estimate of drug-likeness (QED) is 0.424. The SMILES string of the molecule is CCOc1ccc(-n2ncc(C(=O)Cc3cnc(C4=CCC(N5CCOCC5)CC4)c(C)c3)c2C)nc1. The summed E-state index contributed by atoms with van der Waals surface area (Å²) in [6, 6.07) is 6.40. The zero-order valence-corrected chi connectivity index (χ0v) is 21.9. The van der Waals surface area contributed by atoms with E-state index in [2.05, 4.69) is 34.0 Å². The lowest BCUT2D eigenvalue weighted by Crippen LogP contribution is -2.43. The third-order valence-electron chi connectivity index (χ3n) is 7.31. The molecule has 1 unspecified atom stereocenters. The average molecular weight is 502 g/mol. The predicted octanol–water partition coefficient (Wildman–Crippen LogP) is 4.37. The molecule has 0 bridgehead atoms. The van der Waals surface area contributed by atoms with Crippen LogP contribution in [-0.2, 0) is 11.2 Å². The highest BCUT2D eigenvalue weighted by atomic mass is 16.5. The van der Waals surface area contributed by atoms with Crippen molar-refractivity contribution in [3.8, 4) is 11.6 Å². The highest BCUT2D eigenvalue weighted by molar-refractivity contribution is 5.98. The molecule has 1 atom stereocenters. The first kappa shape index (κ1) is 25.3. The normalized spacial score (nSPS) is 18.5. The van der Waals surface area contributed by atoms with Crippen LogP contribution in [0.25, 0.3) is 11.4 Å². The topological polar surface area (TPSA) is 82.4 Å². The molecule has 4 heterocycles. The second kappa shape index (κ2) is 11.4. The van der Waals surface area contributed by atoms with Crippen molar-refractivity contribution < 1.29 is 14.3 Å². The Balaban J connectivity index is 1.24. The van der Waals surface area contributed by atoms with E-state index in [1.54, 1.807) is 17.1 Å². The van der Waals surface area contributed by atoms with Gasteiger partial charge in [-0.1, -0.05) is 12.1 Å². The van der Waals surface area contributed by atoms with Crippen LogP contribution in [0.15, 0.2) is 42.9 Å². The van der Waals surface area contributed by atoms with E-state index in [1.807, 2.05) is 32.2 Å². The van der Waals surface area contributed by atoms with Crippen molar-refractivity contribution in [1.82, 2.24) is 24.6 Å². The third-order valence-corrected chi connectivity index (χ3v) is 7.31. The Morgan fingerprint density at radius 2 is 1.97 bits per heavy atom. The number of hydrogen-bond acceptors (Lipinski definition) is 7. The molecule has 0 amide bonds. The molecule has 1 aliphatic heterocycles. The summed E-state index contributed by atoms with van der Waals surface area (Å²) < 4.78 is 12.7. The maximum atomic E-state index is 13.2. The Morgan fingerprint density at radius 3 is 2.65 bits per heavy atom. The van der Waals surface area contributed by atoms with Crippen molar-refractivity contribution >= 4 is 11.4 Å². The highest BCUT2D eigenvalue weighted by Crippen LogP contribution is 2.30. The monoisotopic (exact) mass is 501 g/mol. The summed E-state index contributed by atoms with van der Waals surface area (Å²) in [7, 11) is 0. The minimum atomic E-state index is 0.0221. The molecule has 1 fully saturated rings. The fourth-order valence-electron chi connectivity index (χ4n) is 5.32. The van der Waals surface area contributed by atoms with Crippen LogP contribution >= 0.6 is 0 Å². The third kappa shape index (κ3) is 5.65. The molecule has 37 heavy (non-hydrogen) atoms. The Bertz CT molecular complexity index is 1280. The number of carbonyl (C=O) groups excluding carboxylic acids is 1. The van der Waals surface area contributed by atoms with Crippen LogP contribution in [-0.4, -0.2) is 69.4 Å². The first-order valence-electron chi connectivity index (χ1n) is 13.2. The molecule has 0 spiro atoms. The number of ether oxygens (including phenoxy) is 2. The molecule has 0 aromatic carbocycles. The largest absolute Gasteiger partial charge is 0.492 e.